The molecule has 94 valence electrons. The Kier molecular flexibility index (Phi) is 3.82. The molecule has 1 saturated heterocycles. The third-order valence-corrected chi connectivity index (χ3v) is 3.61. The van der Waals surface area contributed by atoms with E-state index in [1.165, 1.54) is 19.3 Å². The van der Waals surface area contributed by atoms with E-state index >= 15 is 0 Å². The highest BCUT2D eigenvalue weighted by molar-refractivity contribution is 5.95. The molecule has 1 amide bonds. The highest BCUT2D eigenvalue weighted by Crippen LogP contribution is 2.15. The summed E-state index contributed by atoms with van der Waals surface area (Å²) >= 11 is 0. The van der Waals surface area contributed by atoms with Gasteiger partial charge >= 0.3 is 0 Å². The second-order valence-corrected chi connectivity index (χ2v) is 4.83. The van der Waals surface area contributed by atoms with Gasteiger partial charge in [-0.1, -0.05) is 19.3 Å². The van der Waals surface area contributed by atoms with Crippen LogP contribution in [0.3, 0.4) is 0 Å². The number of carbonyl (C=O) groups is 1. The lowest BCUT2D eigenvalue weighted by atomic mass is 10.1. The molecule has 0 N–H and O–H groups in total. The number of aryl methyl sites for hydroxylation is 1. The quantitative estimate of drug-likeness (QED) is 0.748. The highest BCUT2D eigenvalue weighted by Gasteiger charge is 2.20. The van der Waals surface area contributed by atoms with Gasteiger partial charge < -0.3 is 4.90 Å². The molecule has 1 aliphatic heterocycles. The molecule has 0 aromatic carbocycles. The Morgan fingerprint density at radius 2 is 1.76 bits per heavy atom. The molecule has 4 heteroatoms. The lowest BCUT2D eigenvalue weighted by Crippen LogP contribution is -2.34. The minimum absolute atomic E-state index is 0.150. The summed E-state index contributed by atoms with van der Waals surface area (Å²) in [5.74, 6) is 0.150. The summed E-state index contributed by atoms with van der Waals surface area (Å²) in [7, 11) is 1.87. The van der Waals surface area contributed by atoms with Crippen LogP contribution in [-0.4, -0.2) is 33.7 Å². The molecular formula is C13H21N3O. The number of hydrogen-bond donors (Lipinski definition) is 0. The molecule has 0 aliphatic carbocycles. The number of amides is 1. The van der Waals surface area contributed by atoms with Crippen molar-refractivity contribution in [2.45, 2.75) is 39.0 Å². The molecule has 0 bridgehead atoms. The summed E-state index contributed by atoms with van der Waals surface area (Å²) in [5, 5.41) is 4.14. The van der Waals surface area contributed by atoms with Crippen LogP contribution in [0.2, 0.25) is 0 Å². The van der Waals surface area contributed by atoms with Crippen LogP contribution in [0.4, 0.5) is 0 Å². The summed E-state index contributed by atoms with van der Waals surface area (Å²) in [6.45, 7) is 3.74. The Morgan fingerprint density at radius 1 is 1.18 bits per heavy atom. The van der Waals surface area contributed by atoms with Crippen LogP contribution in [0.1, 0.15) is 48.2 Å². The van der Waals surface area contributed by atoms with Gasteiger partial charge in [-0.2, -0.15) is 5.10 Å². The largest absolute Gasteiger partial charge is 0.339 e. The zero-order chi connectivity index (χ0) is 12.3. The minimum Gasteiger partial charge on any atom is -0.339 e. The van der Waals surface area contributed by atoms with Crippen LogP contribution in [-0.2, 0) is 7.05 Å². The van der Waals surface area contributed by atoms with Gasteiger partial charge in [-0.3, -0.25) is 9.48 Å². The summed E-state index contributed by atoms with van der Waals surface area (Å²) in [6.07, 6.45) is 7.76. The first-order valence-corrected chi connectivity index (χ1v) is 6.48. The maximum atomic E-state index is 12.4. The van der Waals surface area contributed by atoms with Crippen molar-refractivity contribution >= 4 is 5.91 Å². The van der Waals surface area contributed by atoms with Crippen LogP contribution < -0.4 is 0 Å². The van der Waals surface area contributed by atoms with Crippen LogP contribution in [0, 0.1) is 6.92 Å². The minimum atomic E-state index is 0.150. The van der Waals surface area contributed by atoms with Crippen LogP contribution >= 0.6 is 0 Å². The normalized spacial score (nSPS) is 17.6. The molecule has 0 saturated carbocycles. The number of rotatable bonds is 1. The topological polar surface area (TPSA) is 38.1 Å². The fourth-order valence-corrected chi connectivity index (χ4v) is 2.33. The van der Waals surface area contributed by atoms with E-state index < -0.39 is 0 Å². The van der Waals surface area contributed by atoms with Crippen LogP contribution in [0.25, 0.3) is 0 Å². The van der Waals surface area contributed by atoms with Gasteiger partial charge in [0.2, 0.25) is 0 Å². The Morgan fingerprint density at radius 3 is 2.29 bits per heavy atom. The van der Waals surface area contributed by atoms with Gasteiger partial charge in [-0.25, -0.2) is 0 Å². The molecule has 2 heterocycles. The van der Waals surface area contributed by atoms with Crippen LogP contribution in [0.15, 0.2) is 6.20 Å². The van der Waals surface area contributed by atoms with Gasteiger partial charge in [0.25, 0.3) is 5.91 Å². The zero-order valence-corrected chi connectivity index (χ0v) is 10.8. The number of aromatic nitrogens is 2. The van der Waals surface area contributed by atoms with Gasteiger partial charge in [0.05, 0.1) is 11.8 Å². The van der Waals surface area contributed by atoms with Crippen molar-refractivity contribution in [2.24, 2.45) is 7.05 Å². The molecular weight excluding hydrogens is 214 g/mol. The fourth-order valence-electron chi connectivity index (χ4n) is 2.33. The first-order chi connectivity index (χ1) is 8.20. The summed E-state index contributed by atoms with van der Waals surface area (Å²) in [6, 6.07) is 0. The molecule has 4 nitrogen and oxygen atoms in total. The standard InChI is InChI=1S/C13H21N3O/c1-11-12(10-14-15(11)2)13(17)16-8-6-4-3-5-7-9-16/h10H,3-9H2,1-2H3. The van der Waals surface area contributed by atoms with Crippen molar-refractivity contribution in [3.63, 3.8) is 0 Å². The smallest absolute Gasteiger partial charge is 0.257 e. The Hall–Kier alpha value is -1.32. The van der Waals surface area contributed by atoms with E-state index in [9.17, 15) is 4.79 Å². The molecule has 1 aliphatic rings. The lowest BCUT2D eigenvalue weighted by molar-refractivity contribution is 0.0741. The average Bonchev–Trinajstić information content (AvgIpc) is 2.58. The van der Waals surface area contributed by atoms with E-state index in [1.807, 2.05) is 18.9 Å². The Labute approximate surface area is 103 Å². The Bertz CT molecular complexity index is 389. The maximum Gasteiger partial charge on any atom is 0.257 e. The molecule has 1 fully saturated rings. The van der Waals surface area contributed by atoms with Crippen LogP contribution in [0.5, 0.6) is 0 Å². The molecule has 0 atom stereocenters. The first-order valence-electron chi connectivity index (χ1n) is 6.48. The maximum absolute atomic E-state index is 12.4. The van der Waals surface area contributed by atoms with Gasteiger partial charge in [0.15, 0.2) is 0 Å². The van der Waals surface area contributed by atoms with Crippen molar-refractivity contribution in [2.75, 3.05) is 13.1 Å². The molecule has 0 unspecified atom stereocenters. The van der Waals surface area contributed by atoms with Crippen molar-refractivity contribution < 1.29 is 4.79 Å². The lowest BCUT2D eigenvalue weighted by Gasteiger charge is -2.24. The number of likely N-dealkylation sites (tertiary alicyclic amines) is 1. The molecule has 2 rings (SSSR count). The van der Waals surface area contributed by atoms with E-state index in [2.05, 4.69) is 5.10 Å². The monoisotopic (exact) mass is 235 g/mol. The summed E-state index contributed by atoms with van der Waals surface area (Å²) in [5.41, 5.74) is 1.71. The summed E-state index contributed by atoms with van der Waals surface area (Å²) in [4.78, 5) is 14.4. The first kappa shape index (κ1) is 12.1. The van der Waals surface area contributed by atoms with E-state index in [-0.39, 0.29) is 5.91 Å². The van der Waals surface area contributed by atoms with Gasteiger partial charge in [0, 0.05) is 25.8 Å². The second kappa shape index (κ2) is 5.34. The third-order valence-electron chi connectivity index (χ3n) is 3.61. The predicted molar refractivity (Wildman–Crippen MR) is 66.9 cm³/mol. The van der Waals surface area contributed by atoms with E-state index in [4.69, 9.17) is 0 Å². The molecule has 1 aromatic rings. The SMILES string of the molecule is Cc1c(C(=O)N2CCCCCCC2)cnn1C. The van der Waals surface area contributed by atoms with Gasteiger partial charge in [0.1, 0.15) is 0 Å². The van der Waals surface area contributed by atoms with Gasteiger partial charge in [-0.05, 0) is 19.8 Å². The molecule has 17 heavy (non-hydrogen) atoms. The second-order valence-electron chi connectivity index (χ2n) is 4.83. The number of hydrogen-bond acceptors (Lipinski definition) is 2. The molecule has 0 spiro atoms. The average molecular weight is 235 g/mol. The zero-order valence-electron chi connectivity index (χ0n) is 10.8. The van der Waals surface area contributed by atoms with E-state index in [0.29, 0.717) is 0 Å². The number of carbonyl (C=O) groups excluding carboxylic acids is 1. The Balaban J connectivity index is 2.10. The van der Waals surface area contributed by atoms with Crippen molar-refractivity contribution in [1.82, 2.24) is 14.7 Å². The van der Waals surface area contributed by atoms with E-state index in [0.717, 1.165) is 37.2 Å². The number of nitrogens with zero attached hydrogens (tertiary/aromatic N) is 3. The third kappa shape index (κ3) is 2.68. The fraction of sp³-hybridized carbons (Fsp3) is 0.692. The van der Waals surface area contributed by atoms with Crippen molar-refractivity contribution in [3.05, 3.63) is 17.5 Å². The highest BCUT2D eigenvalue weighted by atomic mass is 16.2. The molecule has 0 radical (unpaired) electrons. The molecule has 1 aromatic heterocycles. The van der Waals surface area contributed by atoms with E-state index in [1.54, 1.807) is 10.9 Å². The summed E-state index contributed by atoms with van der Waals surface area (Å²) < 4.78 is 1.76. The van der Waals surface area contributed by atoms with Crippen molar-refractivity contribution in [3.8, 4) is 0 Å². The predicted octanol–water partition coefficient (Wildman–Crippen LogP) is 2.13. The van der Waals surface area contributed by atoms with Crippen molar-refractivity contribution in [1.29, 1.82) is 0 Å². The van der Waals surface area contributed by atoms with Gasteiger partial charge in [-0.15, -0.1) is 0 Å².